The largest absolute Gasteiger partial charge is 0.365 e. The number of aromatic nitrogens is 2. The fourth-order valence-corrected chi connectivity index (χ4v) is 2.19. The van der Waals surface area contributed by atoms with Crippen molar-refractivity contribution in [2.75, 3.05) is 24.3 Å². The summed E-state index contributed by atoms with van der Waals surface area (Å²) < 4.78 is 13.0. The summed E-state index contributed by atoms with van der Waals surface area (Å²) in [6.07, 6.45) is 0. The van der Waals surface area contributed by atoms with Gasteiger partial charge in [0.05, 0.1) is 5.52 Å². The Kier molecular flexibility index (Phi) is 3.87. The van der Waals surface area contributed by atoms with Crippen LogP contribution in [0.1, 0.15) is 5.56 Å². The van der Waals surface area contributed by atoms with Crippen molar-refractivity contribution >= 4 is 22.7 Å². The van der Waals surface area contributed by atoms with Gasteiger partial charge in [0.15, 0.2) is 0 Å². The van der Waals surface area contributed by atoms with Gasteiger partial charge in [-0.1, -0.05) is 24.3 Å². The van der Waals surface area contributed by atoms with Crippen LogP contribution in [-0.4, -0.2) is 24.1 Å². The number of rotatable bonds is 4. The lowest BCUT2D eigenvalue weighted by molar-refractivity contribution is 0.627. The zero-order chi connectivity index (χ0) is 15.5. The third kappa shape index (κ3) is 2.98. The van der Waals surface area contributed by atoms with E-state index in [9.17, 15) is 4.39 Å². The van der Waals surface area contributed by atoms with E-state index in [4.69, 9.17) is 0 Å². The number of hydrogen-bond acceptors (Lipinski definition) is 4. The quantitative estimate of drug-likeness (QED) is 0.800. The van der Waals surface area contributed by atoms with Crippen LogP contribution in [0.15, 0.2) is 48.5 Å². The zero-order valence-electron chi connectivity index (χ0n) is 12.5. The van der Waals surface area contributed by atoms with Gasteiger partial charge in [0.2, 0.25) is 5.95 Å². The van der Waals surface area contributed by atoms with Crippen LogP contribution in [-0.2, 0) is 6.54 Å². The molecule has 112 valence electrons. The van der Waals surface area contributed by atoms with Crippen molar-refractivity contribution in [3.8, 4) is 0 Å². The van der Waals surface area contributed by atoms with Crippen LogP contribution in [0.4, 0.5) is 16.2 Å². The molecule has 1 aromatic heterocycles. The van der Waals surface area contributed by atoms with Gasteiger partial charge in [-0.25, -0.2) is 9.37 Å². The Morgan fingerprint density at radius 3 is 2.45 bits per heavy atom. The lowest BCUT2D eigenvalue weighted by atomic mass is 10.2. The second-order valence-electron chi connectivity index (χ2n) is 5.26. The maximum absolute atomic E-state index is 13.0. The Labute approximate surface area is 128 Å². The maximum atomic E-state index is 13.0. The van der Waals surface area contributed by atoms with Crippen molar-refractivity contribution in [1.82, 2.24) is 9.97 Å². The van der Waals surface area contributed by atoms with E-state index in [1.807, 2.05) is 43.3 Å². The average Bonchev–Trinajstić information content (AvgIpc) is 2.53. The lowest BCUT2D eigenvalue weighted by Gasteiger charge is -2.14. The minimum absolute atomic E-state index is 0.230. The summed E-state index contributed by atoms with van der Waals surface area (Å²) in [6.45, 7) is 0.578. The molecule has 0 bridgehead atoms. The van der Waals surface area contributed by atoms with Gasteiger partial charge < -0.3 is 10.2 Å². The molecular formula is C17H17FN4. The molecule has 0 fully saturated rings. The molecule has 22 heavy (non-hydrogen) atoms. The Balaban J connectivity index is 1.93. The molecule has 2 aromatic carbocycles. The summed E-state index contributed by atoms with van der Waals surface area (Å²) in [5.41, 5.74) is 1.89. The second-order valence-corrected chi connectivity index (χ2v) is 5.26. The molecule has 4 nitrogen and oxygen atoms in total. The normalized spacial score (nSPS) is 10.7. The van der Waals surface area contributed by atoms with Crippen LogP contribution in [0.5, 0.6) is 0 Å². The van der Waals surface area contributed by atoms with Crippen molar-refractivity contribution in [1.29, 1.82) is 0 Å². The summed E-state index contributed by atoms with van der Waals surface area (Å²) in [4.78, 5) is 11.0. The van der Waals surface area contributed by atoms with Crippen LogP contribution < -0.4 is 10.2 Å². The molecule has 0 amide bonds. The molecule has 0 saturated carbocycles. The van der Waals surface area contributed by atoms with E-state index < -0.39 is 0 Å². The van der Waals surface area contributed by atoms with E-state index in [-0.39, 0.29) is 5.82 Å². The number of nitrogens with zero attached hydrogens (tertiary/aromatic N) is 3. The molecule has 0 unspecified atom stereocenters. The fourth-order valence-electron chi connectivity index (χ4n) is 2.19. The molecule has 0 aliphatic rings. The smallest absolute Gasteiger partial charge is 0.227 e. The monoisotopic (exact) mass is 296 g/mol. The molecule has 1 heterocycles. The van der Waals surface area contributed by atoms with Crippen LogP contribution in [0.25, 0.3) is 10.9 Å². The Bertz CT molecular complexity index is 784. The number of benzene rings is 2. The summed E-state index contributed by atoms with van der Waals surface area (Å²) in [5, 5.41) is 4.29. The predicted octanol–water partition coefficient (Wildman–Crippen LogP) is 3.45. The van der Waals surface area contributed by atoms with E-state index in [0.717, 1.165) is 22.3 Å². The standard InChI is InChI=1S/C17H17FN4/c1-22(2)17-20-15-6-4-3-5-14(15)16(21-17)19-11-12-7-9-13(18)10-8-12/h3-10H,11H2,1-2H3,(H,19,20,21). The van der Waals surface area contributed by atoms with Gasteiger partial charge >= 0.3 is 0 Å². The molecule has 5 heteroatoms. The van der Waals surface area contributed by atoms with Gasteiger partial charge in [0, 0.05) is 26.0 Å². The molecule has 0 saturated heterocycles. The topological polar surface area (TPSA) is 41.1 Å². The van der Waals surface area contributed by atoms with E-state index >= 15 is 0 Å². The summed E-state index contributed by atoms with van der Waals surface area (Å²) in [7, 11) is 3.82. The van der Waals surface area contributed by atoms with Gasteiger partial charge in [0.25, 0.3) is 0 Å². The van der Waals surface area contributed by atoms with Gasteiger partial charge in [-0.15, -0.1) is 0 Å². The first kappa shape index (κ1) is 14.3. The number of fused-ring (bicyclic) bond motifs is 1. The molecule has 0 radical (unpaired) electrons. The van der Waals surface area contributed by atoms with Gasteiger partial charge in [0.1, 0.15) is 11.6 Å². The highest BCUT2D eigenvalue weighted by atomic mass is 19.1. The number of para-hydroxylation sites is 1. The van der Waals surface area contributed by atoms with Crippen molar-refractivity contribution in [3.63, 3.8) is 0 Å². The zero-order valence-corrected chi connectivity index (χ0v) is 12.5. The van der Waals surface area contributed by atoms with Crippen molar-refractivity contribution in [2.45, 2.75) is 6.54 Å². The first-order valence-corrected chi connectivity index (χ1v) is 7.06. The van der Waals surface area contributed by atoms with Crippen LogP contribution in [0.3, 0.4) is 0 Å². The van der Waals surface area contributed by atoms with E-state index in [2.05, 4.69) is 15.3 Å². The number of nitrogens with one attached hydrogen (secondary N) is 1. The molecule has 0 spiro atoms. The first-order valence-electron chi connectivity index (χ1n) is 7.06. The first-order chi connectivity index (χ1) is 10.6. The highest BCUT2D eigenvalue weighted by Gasteiger charge is 2.08. The summed E-state index contributed by atoms with van der Waals surface area (Å²) >= 11 is 0. The molecule has 0 aliphatic carbocycles. The van der Waals surface area contributed by atoms with Crippen LogP contribution in [0.2, 0.25) is 0 Å². The molecule has 1 N–H and O–H groups in total. The van der Waals surface area contributed by atoms with Crippen LogP contribution in [0, 0.1) is 5.82 Å². The van der Waals surface area contributed by atoms with Crippen LogP contribution >= 0.6 is 0 Å². The molecular weight excluding hydrogens is 279 g/mol. The Morgan fingerprint density at radius 1 is 1.00 bits per heavy atom. The molecule has 0 atom stereocenters. The summed E-state index contributed by atoms with van der Waals surface area (Å²) in [6, 6.07) is 14.3. The lowest BCUT2D eigenvalue weighted by Crippen LogP contribution is -2.14. The minimum Gasteiger partial charge on any atom is -0.365 e. The minimum atomic E-state index is -0.230. The summed E-state index contributed by atoms with van der Waals surface area (Å²) in [5.74, 6) is 1.20. The van der Waals surface area contributed by atoms with E-state index in [1.165, 1.54) is 12.1 Å². The molecule has 3 rings (SSSR count). The predicted molar refractivity (Wildman–Crippen MR) is 87.6 cm³/mol. The van der Waals surface area contributed by atoms with Crippen molar-refractivity contribution in [3.05, 3.63) is 59.9 Å². The Morgan fingerprint density at radius 2 is 1.73 bits per heavy atom. The van der Waals surface area contributed by atoms with Crippen molar-refractivity contribution in [2.24, 2.45) is 0 Å². The fraction of sp³-hybridized carbons (Fsp3) is 0.176. The number of hydrogen-bond donors (Lipinski definition) is 1. The van der Waals surface area contributed by atoms with E-state index in [0.29, 0.717) is 12.5 Å². The average molecular weight is 296 g/mol. The third-order valence-corrected chi connectivity index (χ3v) is 3.36. The molecule has 3 aromatic rings. The Hall–Kier alpha value is -2.69. The maximum Gasteiger partial charge on any atom is 0.227 e. The highest BCUT2D eigenvalue weighted by Crippen LogP contribution is 2.23. The second kappa shape index (κ2) is 5.97. The van der Waals surface area contributed by atoms with Gasteiger partial charge in [-0.3, -0.25) is 0 Å². The number of halogens is 1. The van der Waals surface area contributed by atoms with Crippen molar-refractivity contribution < 1.29 is 4.39 Å². The van der Waals surface area contributed by atoms with Gasteiger partial charge in [-0.2, -0.15) is 4.98 Å². The van der Waals surface area contributed by atoms with E-state index in [1.54, 1.807) is 12.1 Å². The number of anilines is 2. The van der Waals surface area contributed by atoms with Gasteiger partial charge in [-0.05, 0) is 29.8 Å². The molecule has 0 aliphatic heterocycles. The third-order valence-electron chi connectivity index (χ3n) is 3.36. The highest BCUT2D eigenvalue weighted by molar-refractivity contribution is 5.90. The SMILES string of the molecule is CN(C)c1nc(NCc2ccc(F)cc2)c2ccccc2n1.